The van der Waals surface area contributed by atoms with Crippen LogP contribution in [0.1, 0.15) is 58.3 Å². The van der Waals surface area contributed by atoms with Crippen molar-refractivity contribution in [2.45, 2.75) is 64.6 Å². The third-order valence-corrected chi connectivity index (χ3v) is 6.74. The Bertz CT molecular complexity index is 639. The molecular formula is C34H66O14. The van der Waals surface area contributed by atoms with Crippen molar-refractivity contribution in [3.8, 4) is 0 Å². The SMILES string of the molecule is CCCCCCC(=O)OCCOCCOCCOCCOCCOCCOCCOCCOCCOCCOCCOC1CCCCO1. The number of carbonyl (C=O) groups excluding carboxylic acids is 1. The van der Waals surface area contributed by atoms with Gasteiger partial charge in [-0.25, -0.2) is 0 Å². The van der Waals surface area contributed by atoms with Crippen molar-refractivity contribution in [3.05, 3.63) is 0 Å². The number of hydrogen-bond acceptors (Lipinski definition) is 14. The highest BCUT2D eigenvalue weighted by Crippen LogP contribution is 2.13. The lowest BCUT2D eigenvalue weighted by Crippen LogP contribution is -2.24. The first kappa shape index (κ1) is 45.0. The molecule has 0 aromatic carbocycles. The van der Waals surface area contributed by atoms with E-state index in [4.69, 9.17) is 61.6 Å². The number of carbonyl (C=O) groups is 1. The van der Waals surface area contributed by atoms with Gasteiger partial charge in [0, 0.05) is 13.0 Å². The zero-order valence-corrected chi connectivity index (χ0v) is 29.7. The molecule has 1 fully saturated rings. The molecule has 0 N–H and O–H groups in total. The summed E-state index contributed by atoms with van der Waals surface area (Å²) < 4.78 is 70.9. The van der Waals surface area contributed by atoms with Gasteiger partial charge in [-0.15, -0.1) is 0 Å². The molecule has 1 rings (SSSR count). The van der Waals surface area contributed by atoms with Crippen LogP contribution in [0.15, 0.2) is 0 Å². The van der Waals surface area contributed by atoms with E-state index in [0.29, 0.717) is 145 Å². The van der Waals surface area contributed by atoms with Gasteiger partial charge in [-0.3, -0.25) is 4.79 Å². The second-order valence-electron chi connectivity index (χ2n) is 10.8. The lowest BCUT2D eigenvalue weighted by Gasteiger charge is -2.22. The predicted octanol–water partition coefficient (Wildman–Crippen LogP) is 3.21. The minimum absolute atomic E-state index is 0.0682. The molecule has 0 aromatic rings. The first-order valence-electron chi connectivity index (χ1n) is 18.0. The average molecular weight is 699 g/mol. The third kappa shape index (κ3) is 34.8. The maximum Gasteiger partial charge on any atom is 0.305 e. The Morgan fingerprint density at radius 2 is 0.854 bits per heavy atom. The number of hydrogen-bond donors (Lipinski definition) is 0. The zero-order valence-electron chi connectivity index (χ0n) is 29.7. The molecule has 48 heavy (non-hydrogen) atoms. The molecule has 0 aromatic heterocycles. The fourth-order valence-corrected chi connectivity index (χ4v) is 4.15. The van der Waals surface area contributed by atoms with Crippen LogP contribution in [-0.4, -0.2) is 164 Å². The highest BCUT2D eigenvalue weighted by molar-refractivity contribution is 5.69. The van der Waals surface area contributed by atoms with Crippen LogP contribution in [-0.2, 0) is 66.4 Å². The molecule has 14 nitrogen and oxygen atoms in total. The summed E-state index contributed by atoms with van der Waals surface area (Å²) in [6.45, 7) is 13.7. The lowest BCUT2D eigenvalue weighted by molar-refractivity contribution is -0.169. The fraction of sp³-hybridized carbons (Fsp3) is 0.971. The van der Waals surface area contributed by atoms with Gasteiger partial charge in [-0.2, -0.15) is 0 Å². The van der Waals surface area contributed by atoms with Crippen LogP contribution in [0, 0.1) is 0 Å². The molecule has 0 amide bonds. The van der Waals surface area contributed by atoms with Crippen LogP contribution < -0.4 is 0 Å². The predicted molar refractivity (Wildman–Crippen MR) is 177 cm³/mol. The number of unbranched alkanes of at least 4 members (excludes halogenated alkanes) is 3. The Labute approximate surface area is 288 Å². The van der Waals surface area contributed by atoms with Crippen molar-refractivity contribution in [3.63, 3.8) is 0 Å². The van der Waals surface area contributed by atoms with E-state index in [1.807, 2.05) is 0 Å². The second kappa shape index (κ2) is 38.8. The van der Waals surface area contributed by atoms with Crippen molar-refractivity contribution >= 4 is 5.97 Å². The van der Waals surface area contributed by atoms with E-state index >= 15 is 0 Å². The summed E-state index contributed by atoms with van der Waals surface area (Å²) in [5, 5.41) is 0. The van der Waals surface area contributed by atoms with Gasteiger partial charge in [0.1, 0.15) is 6.61 Å². The molecular weight excluding hydrogens is 632 g/mol. The average Bonchev–Trinajstić information content (AvgIpc) is 3.10. The molecule has 1 aliphatic heterocycles. The Morgan fingerprint density at radius 1 is 0.479 bits per heavy atom. The number of ether oxygens (including phenoxy) is 13. The molecule has 286 valence electrons. The van der Waals surface area contributed by atoms with E-state index in [0.717, 1.165) is 51.6 Å². The molecule has 0 saturated carbocycles. The van der Waals surface area contributed by atoms with Gasteiger partial charge < -0.3 is 61.6 Å². The molecule has 1 heterocycles. The Hall–Kier alpha value is -1.01. The van der Waals surface area contributed by atoms with Crippen molar-refractivity contribution in [1.29, 1.82) is 0 Å². The summed E-state index contributed by atoms with van der Waals surface area (Å²) in [6, 6.07) is 0. The molecule has 1 unspecified atom stereocenters. The molecule has 1 saturated heterocycles. The normalized spacial score (nSPS) is 14.9. The Morgan fingerprint density at radius 3 is 1.21 bits per heavy atom. The summed E-state index contributed by atoms with van der Waals surface area (Å²) in [5.41, 5.74) is 0. The van der Waals surface area contributed by atoms with Gasteiger partial charge in [0.15, 0.2) is 6.29 Å². The summed E-state index contributed by atoms with van der Waals surface area (Å²) >= 11 is 0. The van der Waals surface area contributed by atoms with Crippen molar-refractivity contribution in [2.75, 3.05) is 152 Å². The van der Waals surface area contributed by atoms with Crippen LogP contribution in [0.4, 0.5) is 0 Å². The highest BCUT2D eigenvalue weighted by atomic mass is 16.7. The molecule has 0 bridgehead atoms. The van der Waals surface area contributed by atoms with Crippen LogP contribution >= 0.6 is 0 Å². The van der Waals surface area contributed by atoms with Gasteiger partial charge in [0.05, 0.1) is 139 Å². The Balaban J connectivity index is 1.61. The maximum absolute atomic E-state index is 11.5. The van der Waals surface area contributed by atoms with E-state index in [9.17, 15) is 4.79 Å². The molecule has 14 heteroatoms. The lowest BCUT2D eigenvalue weighted by atomic mass is 10.2. The molecule has 1 atom stereocenters. The summed E-state index contributed by atoms with van der Waals surface area (Å²) in [6.07, 6.45) is 7.94. The molecule has 0 aliphatic carbocycles. The van der Waals surface area contributed by atoms with Crippen LogP contribution in [0.3, 0.4) is 0 Å². The zero-order chi connectivity index (χ0) is 34.3. The minimum Gasteiger partial charge on any atom is -0.463 e. The van der Waals surface area contributed by atoms with Crippen molar-refractivity contribution in [2.24, 2.45) is 0 Å². The standard InChI is InChI=1S/C34H66O14/c1-2-3-4-5-8-33(35)46-31-29-44-27-25-42-23-21-40-19-17-38-15-13-36-11-12-37-14-16-39-18-20-41-22-24-43-26-28-45-30-32-48-34-9-6-7-10-47-34/h34H,2-32H2,1H3. The summed E-state index contributed by atoms with van der Waals surface area (Å²) in [5.74, 6) is -0.152. The van der Waals surface area contributed by atoms with Gasteiger partial charge in [0.2, 0.25) is 0 Å². The second-order valence-corrected chi connectivity index (χ2v) is 10.8. The summed E-state index contributed by atoms with van der Waals surface area (Å²) in [7, 11) is 0. The minimum atomic E-state index is -0.152. The van der Waals surface area contributed by atoms with E-state index in [2.05, 4.69) is 6.92 Å². The van der Waals surface area contributed by atoms with Crippen LogP contribution in [0.2, 0.25) is 0 Å². The Kier molecular flexibility index (Phi) is 36.4. The van der Waals surface area contributed by atoms with Gasteiger partial charge in [-0.05, 0) is 25.7 Å². The van der Waals surface area contributed by atoms with E-state index in [-0.39, 0.29) is 18.9 Å². The number of esters is 1. The van der Waals surface area contributed by atoms with Gasteiger partial charge in [0.25, 0.3) is 0 Å². The summed E-state index contributed by atoms with van der Waals surface area (Å²) in [4.78, 5) is 11.5. The van der Waals surface area contributed by atoms with Crippen molar-refractivity contribution in [1.82, 2.24) is 0 Å². The monoisotopic (exact) mass is 698 g/mol. The van der Waals surface area contributed by atoms with Crippen LogP contribution in [0.5, 0.6) is 0 Å². The molecule has 1 aliphatic rings. The fourth-order valence-electron chi connectivity index (χ4n) is 4.15. The van der Waals surface area contributed by atoms with Crippen molar-refractivity contribution < 1.29 is 66.4 Å². The largest absolute Gasteiger partial charge is 0.463 e. The van der Waals surface area contributed by atoms with E-state index < -0.39 is 0 Å². The quantitative estimate of drug-likeness (QED) is 0.0686. The first-order valence-corrected chi connectivity index (χ1v) is 18.0. The third-order valence-electron chi connectivity index (χ3n) is 6.74. The van der Waals surface area contributed by atoms with E-state index in [1.54, 1.807) is 0 Å². The van der Waals surface area contributed by atoms with Gasteiger partial charge in [-0.1, -0.05) is 26.2 Å². The number of rotatable bonds is 39. The smallest absolute Gasteiger partial charge is 0.305 e. The maximum atomic E-state index is 11.5. The van der Waals surface area contributed by atoms with Crippen LogP contribution in [0.25, 0.3) is 0 Å². The van der Waals surface area contributed by atoms with E-state index in [1.165, 1.54) is 0 Å². The topological polar surface area (TPSA) is 137 Å². The molecule has 0 radical (unpaired) electrons. The highest BCUT2D eigenvalue weighted by Gasteiger charge is 2.13. The molecule has 0 spiro atoms. The first-order chi connectivity index (χ1) is 23.8. The van der Waals surface area contributed by atoms with Gasteiger partial charge >= 0.3 is 5.97 Å².